The molecule has 1 saturated heterocycles. The quantitative estimate of drug-likeness (QED) is 0.846. The van der Waals surface area contributed by atoms with Crippen LogP contribution in [0, 0.1) is 12.8 Å². The minimum Gasteiger partial charge on any atom is -0.378 e. The zero-order chi connectivity index (χ0) is 18.5. The average molecular weight is 372 g/mol. The van der Waals surface area contributed by atoms with Crippen molar-refractivity contribution in [2.45, 2.75) is 26.3 Å². The first kappa shape index (κ1) is 18.4. The molecule has 0 aliphatic carbocycles. The summed E-state index contributed by atoms with van der Waals surface area (Å²) in [5, 5.41) is 6.85. The van der Waals surface area contributed by atoms with E-state index in [0.29, 0.717) is 38.0 Å². The highest BCUT2D eigenvalue weighted by atomic mass is 32.1. The third-order valence-electron chi connectivity index (χ3n) is 4.77. The molecule has 1 aromatic heterocycles. The SMILES string of the molecule is CNc1snc(C)c1C(=O)N1CCC(C(=O)NCc2ccccc2)CC1. The van der Waals surface area contributed by atoms with Gasteiger partial charge in [0.05, 0.1) is 11.3 Å². The number of nitrogens with one attached hydrogen (secondary N) is 2. The van der Waals surface area contributed by atoms with Crippen LogP contribution in [0.4, 0.5) is 5.00 Å². The fourth-order valence-corrected chi connectivity index (χ4v) is 3.96. The van der Waals surface area contributed by atoms with Crippen LogP contribution in [0.5, 0.6) is 0 Å². The molecule has 3 rings (SSSR count). The van der Waals surface area contributed by atoms with Crippen molar-refractivity contribution in [2.75, 3.05) is 25.5 Å². The van der Waals surface area contributed by atoms with E-state index in [2.05, 4.69) is 15.0 Å². The van der Waals surface area contributed by atoms with Gasteiger partial charge in [-0.3, -0.25) is 9.59 Å². The number of nitrogens with zero attached hydrogens (tertiary/aromatic N) is 2. The minimum atomic E-state index is -0.0340. The lowest BCUT2D eigenvalue weighted by Gasteiger charge is -2.31. The van der Waals surface area contributed by atoms with Crippen LogP contribution in [0.1, 0.15) is 34.5 Å². The predicted octanol–water partition coefficient (Wildman–Crippen LogP) is 2.66. The van der Waals surface area contributed by atoms with E-state index >= 15 is 0 Å². The second kappa shape index (κ2) is 8.31. The molecule has 1 fully saturated rings. The highest BCUT2D eigenvalue weighted by Gasteiger charge is 2.30. The molecule has 0 radical (unpaired) electrons. The zero-order valence-electron chi connectivity index (χ0n) is 15.1. The van der Waals surface area contributed by atoms with Crippen molar-refractivity contribution in [2.24, 2.45) is 5.92 Å². The summed E-state index contributed by atoms with van der Waals surface area (Å²) in [7, 11) is 1.80. The number of anilines is 1. The summed E-state index contributed by atoms with van der Waals surface area (Å²) in [6.45, 7) is 3.60. The van der Waals surface area contributed by atoms with Crippen molar-refractivity contribution in [3.63, 3.8) is 0 Å². The van der Waals surface area contributed by atoms with Crippen LogP contribution in [0.2, 0.25) is 0 Å². The summed E-state index contributed by atoms with van der Waals surface area (Å²) in [5.41, 5.74) is 2.50. The van der Waals surface area contributed by atoms with Crippen molar-refractivity contribution in [3.8, 4) is 0 Å². The molecule has 0 bridgehead atoms. The topological polar surface area (TPSA) is 74.3 Å². The molecule has 2 heterocycles. The molecule has 1 aromatic carbocycles. The van der Waals surface area contributed by atoms with Gasteiger partial charge in [0.1, 0.15) is 5.00 Å². The number of aromatic nitrogens is 1. The van der Waals surface area contributed by atoms with E-state index < -0.39 is 0 Å². The highest BCUT2D eigenvalue weighted by Crippen LogP contribution is 2.27. The number of carbonyl (C=O) groups is 2. The van der Waals surface area contributed by atoms with E-state index in [1.807, 2.05) is 42.2 Å². The molecule has 0 unspecified atom stereocenters. The lowest BCUT2D eigenvalue weighted by atomic mass is 9.95. The lowest BCUT2D eigenvalue weighted by Crippen LogP contribution is -2.43. The molecule has 2 aromatic rings. The van der Waals surface area contributed by atoms with Gasteiger partial charge in [0.15, 0.2) is 0 Å². The monoisotopic (exact) mass is 372 g/mol. The Labute approximate surface area is 157 Å². The number of hydrogen-bond donors (Lipinski definition) is 2. The summed E-state index contributed by atoms with van der Waals surface area (Å²) in [6.07, 6.45) is 1.38. The van der Waals surface area contributed by atoms with Gasteiger partial charge in [-0.2, -0.15) is 4.37 Å². The molecule has 0 spiro atoms. The van der Waals surface area contributed by atoms with Gasteiger partial charge in [-0.05, 0) is 36.9 Å². The molecule has 7 heteroatoms. The van der Waals surface area contributed by atoms with Crippen LogP contribution >= 0.6 is 11.5 Å². The number of benzene rings is 1. The first-order chi connectivity index (χ1) is 12.6. The van der Waals surface area contributed by atoms with Crippen LogP contribution in [0.3, 0.4) is 0 Å². The van der Waals surface area contributed by atoms with Crippen LogP contribution in [-0.4, -0.2) is 41.2 Å². The maximum atomic E-state index is 12.8. The molecular weight excluding hydrogens is 348 g/mol. The largest absolute Gasteiger partial charge is 0.378 e. The van der Waals surface area contributed by atoms with Gasteiger partial charge in [-0.25, -0.2) is 0 Å². The van der Waals surface area contributed by atoms with Gasteiger partial charge >= 0.3 is 0 Å². The molecule has 2 N–H and O–H groups in total. The van der Waals surface area contributed by atoms with Gasteiger partial charge in [-0.15, -0.1) is 0 Å². The first-order valence-electron chi connectivity index (χ1n) is 8.85. The summed E-state index contributed by atoms with van der Waals surface area (Å²) in [6, 6.07) is 9.89. The highest BCUT2D eigenvalue weighted by molar-refractivity contribution is 7.10. The van der Waals surface area contributed by atoms with Crippen LogP contribution in [-0.2, 0) is 11.3 Å². The fourth-order valence-electron chi connectivity index (χ4n) is 3.22. The second-order valence-electron chi connectivity index (χ2n) is 6.49. The molecule has 1 aliphatic rings. The Bertz CT molecular complexity index is 767. The van der Waals surface area contributed by atoms with Crippen molar-refractivity contribution >= 4 is 28.3 Å². The third-order valence-corrected chi connectivity index (χ3v) is 5.72. The van der Waals surface area contributed by atoms with Crippen molar-refractivity contribution in [1.29, 1.82) is 0 Å². The number of aryl methyl sites for hydroxylation is 1. The first-order valence-corrected chi connectivity index (χ1v) is 9.62. The molecule has 1 aliphatic heterocycles. The zero-order valence-corrected chi connectivity index (χ0v) is 15.9. The van der Waals surface area contributed by atoms with Crippen molar-refractivity contribution in [3.05, 3.63) is 47.2 Å². The molecule has 6 nitrogen and oxygen atoms in total. The maximum Gasteiger partial charge on any atom is 0.258 e. The maximum absolute atomic E-state index is 12.8. The standard InChI is InChI=1S/C19H24N4O2S/c1-13-16(18(20-2)26-22-13)19(25)23-10-8-15(9-11-23)17(24)21-12-14-6-4-3-5-7-14/h3-7,15,20H,8-12H2,1-2H3,(H,21,24). The molecule has 26 heavy (non-hydrogen) atoms. The molecular formula is C19H24N4O2S. The fraction of sp³-hybridized carbons (Fsp3) is 0.421. The summed E-state index contributed by atoms with van der Waals surface area (Å²) < 4.78 is 4.27. The molecule has 2 amide bonds. The Kier molecular flexibility index (Phi) is 5.88. The summed E-state index contributed by atoms with van der Waals surface area (Å²) in [4.78, 5) is 27.0. The number of amides is 2. The van der Waals surface area contributed by atoms with Gasteiger partial charge in [0.25, 0.3) is 5.91 Å². The average Bonchev–Trinajstić information content (AvgIpc) is 3.07. The minimum absolute atomic E-state index is 0.00347. The van der Waals surface area contributed by atoms with Gasteiger partial charge in [-0.1, -0.05) is 30.3 Å². The number of hydrogen-bond acceptors (Lipinski definition) is 5. The van der Waals surface area contributed by atoms with E-state index in [4.69, 9.17) is 0 Å². The summed E-state index contributed by atoms with van der Waals surface area (Å²) in [5.74, 6) is 0.0437. The number of piperidine rings is 1. The van der Waals surface area contributed by atoms with Crippen LogP contribution in [0.25, 0.3) is 0 Å². The summed E-state index contributed by atoms with van der Waals surface area (Å²) >= 11 is 1.31. The van der Waals surface area contributed by atoms with Crippen molar-refractivity contribution in [1.82, 2.24) is 14.6 Å². The molecule has 0 atom stereocenters. The smallest absolute Gasteiger partial charge is 0.258 e. The van der Waals surface area contributed by atoms with E-state index in [1.54, 1.807) is 7.05 Å². The lowest BCUT2D eigenvalue weighted by molar-refractivity contribution is -0.126. The van der Waals surface area contributed by atoms with E-state index in [1.165, 1.54) is 11.5 Å². The predicted molar refractivity (Wildman–Crippen MR) is 103 cm³/mol. The van der Waals surface area contributed by atoms with Crippen LogP contribution < -0.4 is 10.6 Å². The molecule has 138 valence electrons. The van der Waals surface area contributed by atoms with Crippen LogP contribution in [0.15, 0.2) is 30.3 Å². The number of rotatable bonds is 5. The van der Waals surface area contributed by atoms with E-state index in [9.17, 15) is 9.59 Å². The van der Waals surface area contributed by atoms with Gasteiger partial charge in [0.2, 0.25) is 5.91 Å². The Morgan fingerprint density at radius 2 is 1.92 bits per heavy atom. The van der Waals surface area contributed by atoms with E-state index in [0.717, 1.165) is 16.3 Å². The Morgan fingerprint density at radius 1 is 1.23 bits per heavy atom. The van der Waals surface area contributed by atoms with Gasteiger partial charge in [0, 0.05) is 32.6 Å². The second-order valence-corrected chi connectivity index (χ2v) is 7.27. The number of carbonyl (C=O) groups excluding carboxylic acids is 2. The Balaban J connectivity index is 1.53. The third kappa shape index (κ3) is 4.04. The molecule has 0 saturated carbocycles. The Morgan fingerprint density at radius 3 is 2.58 bits per heavy atom. The van der Waals surface area contributed by atoms with E-state index in [-0.39, 0.29) is 17.7 Å². The Hall–Kier alpha value is -2.41. The number of likely N-dealkylation sites (tertiary alicyclic amines) is 1. The van der Waals surface area contributed by atoms with Gasteiger partial charge < -0.3 is 15.5 Å². The van der Waals surface area contributed by atoms with Crippen molar-refractivity contribution < 1.29 is 9.59 Å². The normalized spacial score (nSPS) is 14.9.